The second-order valence-corrected chi connectivity index (χ2v) is 4.38. The third kappa shape index (κ3) is 5.27. The van der Waals surface area contributed by atoms with Crippen molar-refractivity contribution in [1.29, 1.82) is 0 Å². The number of alkyl carbamates (subject to hydrolysis) is 1. The van der Waals surface area contributed by atoms with E-state index in [2.05, 4.69) is 5.32 Å². The topological polar surface area (TPSA) is 95.9 Å². The van der Waals surface area contributed by atoms with E-state index >= 15 is 0 Å². The lowest BCUT2D eigenvalue weighted by Gasteiger charge is -2.20. The number of carbonyl (C=O) groups excluding carboxylic acids is 1. The number of ether oxygens (including phenoxy) is 1. The van der Waals surface area contributed by atoms with Crippen molar-refractivity contribution in [1.82, 2.24) is 5.32 Å². The van der Waals surface area contributed by atoms with Crippen molar-refractivity contribution in [3.63, 3.8) is 0 Å². The molecule has 6 nitrogen and oxygen atoms in total. The number of nitrogens with one attached hydrogen (secondary N) is 1. The van der Waals surface area contributed by atoms with Gasteiger partial charge in [0.25, 0.3) is 0 Å². The maximum atomic E-state index is 11.6. The zero-order valence-corrected chi connectivity index (χ0v) is 11.3. The Kier molecular flexibility index (Phi) is 6.52. The van der Waals surface area contributed by atoms with Crippen molar-refractivity contribution < 1.29 is 24.5 Å². The minimum absolute atomic E-state index is 0.0919. The second kappa shape index (κ2) is 8.16. The van der Waals surface area contributed by atoms with E-state index in [-0.39, 0.29) is 6.61 Å². The third-order valence-electron chi connectivity index (χ3n) is 2.75. The number of hydrogen-bond donors (Lipinski definition) is 3. The molecule has 0 heterocycles. The highest BCUT2D eigenvalue weighted by Crippen LogP contribution is 2.05. The van der Waals surface area contributed by atoms with Gasteiger partial charge in [0.05, 0.1) is 6.04 Å². The van der Waals surface area contributed by atoms with E-state index in [0.717, 1.165) is 5.56 Å². The number of aliphatic carboxylic acids is 1. The standard InChI is InChI=1S/C14H19NO5/c1-2-6-11(12(16)13(17)18)15-14(19)20-9-10-7-4-3-5-8-10/h3-5,7-8,11-12,16H,2,6,9H2,1H3,(H,15,19)(H,17,18)/t11-,12?/m1/s1. The van der Waals surface area contributed by atoms with E-state index in [0.29, 0.717) is 12.8 Å². The third-order valence-corrected chi connectivity index (χ3v) is 2.75. The molecule has 0 aliphatic heterocycles. The zero-order chi connectivity index (χ0) is 15.0. The quantitative estimate of drug-likeness (QED) is 0.704. The smallest absolute Gasteiger partial charge is 0.407 e. The van der Waals surface area contributed by atoms with Crippen LogP contribution in [0, 0.1) is 0 Å². The van der Waals surface area contributed by atoms with Crippen LogP contribution >= 0.6 is 0 Å². The molecule has 0 bridgehead atoms. The normalized spacial score (nSPS) is 13.3. The highest BCUT2D eigenvalue weighted by molar-refractivity contribution is 5.75. The summed E-state index contributed by atoms with van der Waals surface area (Å²) in [6, 6.07) is 8.26. The molecule has 0 saturated carbocycles. The lowest BCUT2D eigenvalue weighted by molar-refractivity contribution is -0.148. The summed E-state index contributed by atoms with van der Waals surface area (Å²) in [6.07, 6.45) is -1.39. The molecule has 2 atom stereocenters. The first kappa shape index (κ1) is 16.0. The number of carboxylic acid groups (broad SMARTS) is 1. The van der Waals surface area contributed by atoms with Crippen molar-refractivity contribution in [2.75, 3.05) is 0 Å². The fourth-order valence-electron chi connectivity index (χ4n) is 1.71. The van der Waals surface area contributed by atoms with Crippen LogP contribution in [0.25, 0.3) is 0 Å². The molecular weight excluding hydrogens is 262 g/mol. The Morgan fingerprint density at radius 1 is 1.30 bits per heavy atom. The van der Waals surface area contributed by atoms with Crippen molar-refractivity contribution in [2.45, 2.75) is 38.5 Å². The first-order valence-electron chi connectivity index (χ1n) is 6.42. The van der Waals surface area contributed by atoms with Crippen LogP contribution in [0.1, 0.15) is 25.3 Å². The van der Waals surface area contributed by atoms with Gasteiger partial charge in [-0.05, 0) is 12.0 Å². The summed E-state index contributed by atoms with van der Waals surface area (Å²) in [4.78, 5) is 22.3. The minimum Gasteiger partial charge on any atom is -0.479 e. The Balaban J connectivity index is 2.47. The molecule has 1 amide bonds. The molecule has 0 radical (unpaired) electrons. The van der Waals surface area contributed by atoms with Gasteiger partial charge in [-0.25, -0.2) is 9.59 Å². The van der Waals surface area contributed by atoms with Crippen LogP contribution < -0.4 is 5.32 Å². The Morgan fingerprint density at radius 2 is 1.95 bits per heavy atom. The highest BCUT2D eigenvalue weighted by Gasteiger charge is 2.26. The van der Waals surface area contributed by atoms with Crippen molar-refractivity contribution in [3.8, 4) is 0 Å². The van der Waals surface area contributed by atoms with Crippen LogP contribution in [0.4, 0.5) is 4.79 Å². The van der Waals surface area contributed by atoms with Crippen LogP contribution in [0.2, 0.25) is 0 Å². The van der Waals surface area contributed by atoms with Gasteiger partial charge >= 0.3 is 12.1 Å². The van der Waals surface area contributed by atoms with E-state index in [1.54, 1.807) is 0 Å². The van der Waals surface area contributed by atoms with Gasteiger partial charge in [-0.1, -0.05) is 43.7 Å². The molecule has 0 aliphatic carbocycles. The molecule has 0 fully saturated rings. The number of rotatable bonds is 7. The average Bonchev–Trinajstić information content (AvgIpc) is 2.45. The van der Waals surface area contributed by atoms with Gasteiger partial charge in [0, 0.05) is 0 Å². The molecule has 6 heteroatoms. The van der Waals surface area contributed by atoms with Crippen LogP contribution in [0.3, 0.4) is 0 Å². The van der Waals surface area contributed by atoms with Crippen LogP contribution in [0.5, 0.6) is 0 Å². The number of aliphatic hydroxyl groups is 1. The molecule has 0 saturated heterocycles. The summed E-state index contributed by atoms with van der Waals surface area (Å²) < 4.78 is 4.98. The summed E-state index contributed by atoms with van der Waals surface area (Å²) in [5.41, 5.74) is 0.827. The largest absolute Gasteiger partial charge is 0.479 e. The van der Waals surface area contributed by atoms with Gasteiger partial charge in [-0.3, -0.25) is 0 Å². The molecule has 20 heavy (non-hydrogen) atoms. The van der Waals surface area contributed by atoms with Gasteiger partial charge in [0.15, 0.2) is 6.10 Å². The van der Waals surface area contributed by atoms with Gasteiger partial charge in [-0.2, -0.15) is 0 Å². The van der Waals surface area contributed by atoms with E-state index in [1.807, 2.05) is 37.3 Å². The molecule has 1 unspecified atom stereocenters. The molecule has 3 N–H and O–H groups in total. The Bertz CT molecular complexity index is 434. The average molecular weight is 281 g/mol. The number of carboxylic acids is 1. The fraction of sp³-hybridized carbons (Fsp3) is 0.429. The Labute approximate surface area is 117 Å². The number of carbonyl (C=O) groups is 2. The zero-order valence-electron chi connectivity index (χ0n) is 11.3. The van der Waals surface area contributed by atoms with Gasteiger partial charge in [0.2, 0.25) is 0 Å². The van der Waals surface area contributed by atoms with Crippen LogP contribution in [-0.4, -0.2) is 34.4 Å². The van der Waals surface area contributed by atoms with E-state index in [4.69, 9.17) is 9.84 Å². The number of amides is 1. The van der Waals surface area contributed by atoms with Crippen molar-refractivity contribution >= 4 is 12.1 Å². The van der Waals surface area contributed by atoms with Gasteiger partial charge in [-0.15, -0.1) is 0 Å². The molecule has 1 aromatic rings. The molecule has 1 aromatic carbocycles. The van der Waals surface area contributed by atoms with Crippen LogP contribution in [-0.2, 0) is 16.1 Å². The molecule has 1 rings (SSSR count). The lowest BCUT2D eigenvalue weighted by Crippen LogP contribution is -2.47. The number of hydrogen-bond acceptors (Lipinski definition) is 4. The summed E-state index contributed by atoms with van der Waals surface area (Å²) >= 11 is 0. The number of aliphatic hydroxyl groups excluding tert-OH is 1. The second-order valence-electron chi connectivity index (χ2n) is 4.38. The van der Waals surface area contributed by atoms with Crippen molar-refractivity contribution in [3.05, 3.63) is 35.9 Å². The summed E-state index contributed by atoms with van der Waals surface area (Å²) in [6.45, 7) is 1.92. The maximum absolute atomic E-state index is 11.6. The first-order chi connectivity index (χ1) is 9.54. The van der Waals surface area contributed by atoms with Crippen LogP contribution in [0.15, 0.2) is 30.3 Å². The summed E-state index contributed by atoms with van der Waals surface area (Å²) in [7, 11) is 0. The lowest BCUT2D eigenvalue weighted by atomic mass is 10.1. The van der Waals surface area contributed by atoms with E-state index in [9.17, 15) is 14.7 Å². The molecule has 0 aliphatic rings. The molecular formula is C14H19NO5. The Morgan fingerprint density at radius 3 is 2.50 bits per heavy atom. The predicted molar refractivity (Wildman–Crippen MR) is 72.1 cm³/mol. The van der Waals surface area contributed by atoms with Crippen molar-refractivity contribution in [2.24, 2.45) is 0 Å². The van der Waals surface area contributed by atoms with E-state index in [1.165, 1.54) is 0 Å². The maximum Gasteiger partial charge on any atom is 0.407 e. The van der Waals surface area contributed by atoms with E-state index < -0.39 is 24.2 Å². The minimum atomic E-state index is -1.64. The first-order valence-corrected chi connectivity index (χ1v) is 6.42. The van der Waals surface area contributed by atoms with Gasteiger partial charge < -0.3 is 20.3 Å². The summed E-state index contributed by atoms with van der Waals surface area (Å²) in [5.74, 6) is -1.37. The predicted octanol–water partition coefficient (Wildman–Crippen LogP) is 1.53. The number of benzene rings is 1. The monoisotopic (exact) mass is 281 g/mol. The fourth-order valence-corrected chi connectivity index (χ4v) is 1.71. The van der Waals surface area contributed by atoms with Gasteiger partial charge in [0.1, 0.15) is 6.61 Å². The highest BCUT2D eigenvalue weighted by atomic mass is 16.5. The molecule has 110 valence electrons. The SMILES string of the molecule is CCC[C@@H](NC(=O)OCc1ccccc1)C(O)C(=O)O. The molecule has 0 aromatic heterocycles. The molecule has 0 spiro atoms. The summed E-state index contributed by atoms with van der Waals surface area (Å²) in [5, 5.41) is 20.6. The Hall–Kier alpha value is -2.08.